The van der Waals surface area contributed by atoms with E-state index >= 15 is 0 Å². The Labute approximate surface area is 494 Å². The maximum atomic E-state index is 12.4. The molecule has 3 N–H and O–H groups in total. The van der Waals surface area contributed by atoms with Crippen LogP contribution >= 0.6 is 0 Å². The summed E-state index contributed by atoms with van der Waals surface area (Å²) in [5.74, 6) is -0.0466. The Morgan fingerprint density at radius 2 is 0.595 bits per heavy atom. The van der Waals surface area contributed by atoms with Gasteiger partial charge in [-0.25, -0.2) is 0 Å². The SMILES string of the molecule is CCCCCCC/C=C\CCCCCCCC(=O)OCCCCCCCCCCCCCCCCCCCCCCCCCCCCCCCCCCCCCCCC(=O)NC(CO)C(O)/C=C/CCCCCCCCCCC. The van der Waals surface area contributed by atoms with Crippen molar-refractivity contribution in [2.45, 2.75) is 418 Å². The van der Waals surface area contributed by atoms with Crippen LogP contribution in [0.15, 0.2) is 24.3 Å². The standard InChI is InChI=1S/C73H141NO5/c1-3-5-7-9-11-13-15-16-43-47-51-55-59-63-67-73(78)79-68-64-60-56-52-48-44-41-39-37-35-33-31-29-27-25-23-21-19-17-18-20-22-24-26-28-30-32-34-36-38-40-42-46-50-54-58-62-66-72(77)74-70(69-75)71(76)65-61-57-53-49-45-14-12-10-8-6-4-2/h15-16,61,65,70-71,75-76H,3-14,17-60,62-64,66-69H2,1-2H3,(H,74,77)/b16-15-,65-61+. The van der Waals surface area contributed by atoms with Gasteiger partial charge < -0.3 is 20.3 Å². The van der Waals surface area contributed by atoms with Gasteiger partial charge >= 0.3 is 5.97 Å². The number of allylic oxidation sites excluding steroid dienone is 3. The van der Waals surface area contributed by atoms with E-state index in [1.54, 1.807) is 6.08 Å². The zero-order chi connectivity index (χ0) is 57.1. The summed E-state index contributed by atoms with van der Waals surface area (Å²) in [6.45, 7) is 4.91. The number of carbonyl (C=O) groups is 2. The van der Waals surface area contributed by atoms with Crippen molar-refractivity contribution in [3.63, 3.8) is 0 Å². The molecule has 1 amide bonds. The van der Waals surface area contributed by atoms with E-state index in [0.717, 1.165) is 44.9 Å². The zero-order valence-corrected chi connectivity index (χ0v) is 53.6. The molecule has 6 heteroatoms. The maximum Gasteiger partial charge on any atom is 0.305 e. The first-order valence-corrected chi connectivity index (χ1v) is 36.1. The summed E-state index contributed by atoms with van der Waals surface area (Å²) >= 11 is 0. The summed E-state index contributed by atoms with van der Waals surface area (Å²) in [6.07, 6.45) is 87.2. The molecule has 0 radical (unpaired) electrons. The van der Waals surface area contributed by atoms with Crippen LogP contribution < -0.4 is 5.32 Å². The number of aliphatic hydroxyl groups excluding tert-OH is 2. The molecule has 0 saturated carbocycles. The second-order valence-corrected chi connectivity index (χ2v) is 24.9. The van der Waals surface area contributed by atoms with Crippen molar-refractivity contribution < 1.29 is 24.5 Å². The number of rotatable bonds is 68. The van der Waals surface area contributed by atoms with E-state index < -0.39 is 12.1 Å². The van der Waals surface area contributed by atoms with Crippen LogP contribution in [0.25, 0.3) is 0 Å². The summed E-state index contributed by atoms with van der Waals surface area (Å²) in [5.41, 5.74) is 0. The van der Waals surface area contributed by atoms with E-state index in [-0.39, 0.29) is 18.5 Å². The number of ether oxygens (including phenoxy) is 1. The van der Waals surface area contributed by atoms with Crippen molar-refractivity contribution in [1.29, 1.82) is 0 Å². The van der Waals surface area contributed by atoms with E-state index in [0.29, 0.717) is 19.4 Å². The molecule has 0 aliphatic carbocycles. The molecular weight excluding hydrogens is 971 g/mol. The molecule has 0 aliphatic heterocycles. The minimum atomic E-state index is -0.838. The van der Waals surface area contributed by atoms with Crippen LogP contribution in [0, 0.1) is 0 Å². The number of amides is 1. The van der Waals surface area contributed by atoms with Crippen LogP contribution in [0.4, 0.5) is 0 Å². The fourth-order valence-electron chi connectivity index (χ4n) is 11.5. The van der Waals surface area contributed by atoms with E-state index in [9.17, 15) is 19.8 Å². The van der Waals surface area contributed by atoms with Gasteiger partial charge in [-0.2, -0.15) is 0 Å². The predicted octanol–water partition coefficient (Wildman–Crippen LogP) is 23.3. The first-order chi connectivity index (χ1) is 39.0. The Balaban J connectivity index is 3.28. The average Bonchev–Trinajstić information content (AvgIpc) is 3.45. The molecule has 79 heavy (non-hydrogen) atoms. The highest BCUT2D eigenvalue weighted by Gasteiger charge is 2.18. The molecule has 0 saturated heterocycles. The number of esters is 1. The minimum Gasteiger partial charge on any atom is -0.466 e. The lowest BCUT2D eigenvalue weighted by molar-refractivity contribution is -0.143. The molecule has 0 rings (SSSR count). The van der Waals surface area contributed by atoms with Gasteiger partial charge in [-0.3, -0.25) is 9.59 Å². The Morgan fingerprint density at radius 1 is 0.342 bits per heavy atom. The Bertz CT molecular complexity index is 1230. The second-order valence-electron chi connectivity index (χ2n) is 24.9. The molecule has 0 aliphatic rings. The highest BCUT2D eigenvalue weighted by atomic mass is 16.5. The largest absolute Gasteiger partial charge is 0.466 e. The highest BCUT2D eigenvalue weighted by Crippen LogP contribution is 2.19. The van der Waals surface area contributed by atoms with Crippen LogP contribution in [0.5, 0.6) is 0 Å². The van der Waals surface area contributed by atoms with E-state index in [1.165, 1.54) is 334 Å². The number of hydrogen-bond donors (Lipinski definition) is 3. The van der Waals surface area contributed by atoms with Crippen LogP contribution in [0.2, 0.25) is 0 Å². The van der Waals surface area contributed by atoms with Gasteiger partial charge in [0.25, 0.3) is 0 Å². The lowest BCUT2D eigenvalue weighted by Gasteiger charge is -2.20. The average molecular weight is 1110 g/mol. The first-order valence-electron chi connectivity index (χ1n) is 36.1. The predicted molar refractivity (Wildman–Crippen MR) is 347 cm³/mol. The minimum absolute atomic E-state index is 0.0151. The second kappa shape index (κ2) is 68.8. The fourth-order valence-corrected chi connectivity index (χ4v) is 11.5. The van der Waals surface area contributed by atoms with Crippen LogP contribution in [0.3, 0.4) is 0 Å². The molecule has 0 spiro atoms. The summed E-state index contributed by atoms with van der Waals surface area (Å²) in [6, 6.07) is -0.621. The van der Waals surface area contributed by atoms with Crippen molar-refractivity contribution in [2.75, 3.05) is 13.2 Å². The molecule has 0 heterocycles. The number of hydrogen-bond acceptors (Lipinski definition) is 5. The monoisotopic (exact) mass is 1110 g/mol. The van der Waals surface area contributed by atoms with Gasteiger partial charge in [-0.15, -0.1) is 0 Å². The van der Waals surface area contributed by atoms with Gasteiger partial charge in [0.05, 0.1) is 25.4 Å². The van der Waals surface area contributed by atoms with E-state index in [1.807, 2.05) is 6.08 Å². The van der Waals surface area contributed by atoms with Crippen molar-refractivity contribution in [3.05, 3.63) is 24.3 Å². The smallest absolute Gasteiger partial charge is 0.305 e. The maximum absolute atomic E-state index is 12.4. The van der Waals surface area contributed by atoms with Crippen molar-refractivity contribution >= 4 is 11.9 Å². The topological polar surface area (TPSA) is 95.9 Å². The van der Waals surface area contributed by atoms with Crippen LogP contribution in [-0.4, -0.2) is 47.4 Å². The third kappa shape index (κ3) is 65.4. The van der Waals surface area contributed by atoms with E-state index in [2.05, 4.69) is 31.3 Å². The number of carbonyl (C=O) groups excluding carboxylic acids is 2. The molecule has 0 fully saturated rings. The Morgan fingerprint density at radius 3 is 0.899 bits per heavy atom. The van der Waals surface area contributed by atoms with Crippen molar-refractivity contribution in [1.82, 2.24) is 5.32 Å². The molecule has 2 atom stereocenters. The number of nitrogens with one attached hydrogen (secondary N) is 1. The molecule has 0 bridgehead atoms. The zero-order valence-electron chi connectivity index (χ0n) is 53.6. The lowest BCUT2D eigenvalue weighted by Crippen LogP contribution is -2.45. The summed E-state index contributed by atoms with van der Waals surface area (Å²) in [4.78, 5) is 24.5. The number of unbranched alkanes of at least 4 members (excludes halogenated alkanes) is 55. The molecule has 0 aromatic heterocycles. The number of aliphatic hydroxyl groups is 2. The van der Waals surface area contributed by atoms with Crippen molar-refractivity contribution in [2.24, 2.45) is 0 Å². The highest BCUT2D eigenvalue weighted by molar-refractivity contribution is 5.76. The normalized spacial score (nSPS) is 12.6. The van der Waals surface area contributed by atoms with Crippen LogP contribution in [-0.2, 0) is 14.3 Å². The molecule has 0 aromatic rings. The molecule has 468 valence electrons. The van der Waals surface area contributed by atoms with Gasteiger partial charge in [-0.1, -0.05) is 359 Å². The molecular formula is C73H141NO5. The third-order valence-electron chi connectivity index (χ3n) is 17.0. The van der Waals surface area contributed by atoms with Gasteiger partial charge in [0.1, 0.15) is 0 Å². The van der Waals surface area contributed by atoms with Gasteiger partial charge in [-0.05, 0) is 57.8 Å². The lowest BCUT2D eigenvalue weighted by atomic mass is 10.0. The summed E-state index contributed by atoms with van der Waals surface area (Å²) in [7, 11) is 0. The quantitative estimate of drug-likeness (QED) is 0.0320. The molecule has 2 unspecified atom stereocenters. The summed E-state index contributed by atoms with van der Waals surface area (Å²) < 4.78 is 5.49. The molecule has 0 aromatic carbocycles. The van der Waals surface area contributed by atoms with Crippen molar-refractivity contribution in [3.8, 4) is 0 Å². The Hall–Kier alpha value is -1.66. The third-order valence-corrected chi connectivity index (χ3v) is 17.0. The summed E-state index contributed by atoms with van der Waals surface area (Å²) in [5, 5.41) is 23.1. The van der Waals surface area contributed by atoms with E-state index in [4.69, 9.17) is 4.74 Å². The van der Waals surface area contributed by atoms with Gasteiger partial charge in [0, 0.05) is 12.8 Å². The molecule has 6 nitrogen and oxygen atoms in total. The Kier molecular flexibility index (Phi) is 67.4. The first kappa shape index (κ1) is 77.3. The van der Waals surface area contributed by atoms with Crippen LogP contribution in [0.1, 0.15) is 406 Å². The van der Waals surface area contributed by atoms with Gasteiger partial charge in [0.2, 0.25) is 5.91 Å². The fraction of sp³-hybridized carbons (Fsp3) is 0.918. The van der Waals surface area contributed by atoms with Gasteiger partial charge in [0.15, 0.2) is 0 Å².